The molecule has 1 aliphatic carbocycles. The van der Waals surface area contributed by atoms with Crippen LogP contribution in [0.3, 0.4) is 0 Å². The van der Waals surface area contributed by atoms with Gasteiger partial charge in [-0.3, -0.25) is 9.59 Å². The lowest BCUT2D eigenvalue weighted by Gasteiger charge is -2.27. The number of anilines is 3. The molecule has 0 spiro atoms. The summed E-state index contributed by atoms with van der Waals surface area (Å²) in [5, 5.41) is 7.70. The number of ether oxygens (including phenoxy) is 1. The molecular formula is C25H32N6O3S2. The van der Waals surface area contributed by atoms with E-state index in [9.17, 15) is 9.59 Å². The molecule has 192 valence electrons. The highest BCUT2D eigenvalue weighted by Crippen LogP contribution is 2.42. The Morgan fingerprint density at radius 2 is 2.00 bits per heavy atom. The van der Waals surface area contributed by atoms with Gasteiger partial charge in [0.1, 0.15) is 22.7 Å². The van der Waals surface area contributed by atoms with Crippen molar-refractivity contribution in [2.45, 2.75) is 24.2 Å². The summed E-state index contributed by atoms with van der Waals surface area (Å²) < 4.78 is 5.65. The van der Waals surface area contributed by atoms with Gasteiger partial charge in [-0.1, -0.05) is 0 Å². The minimum Gasteiger partial charge on any atom is -0.494 e. The molecule has 1 unspecified atom stereocenters. The van der Waals surface area contributed by atoms with Gasteiger partial charge in [0, 0.05) is 49.9 Å². The molecular weight excluding hydrogens is 496 g/mol. The highest BCUT2D eigenvalue weighted by atomic mass is 32.2. The molecule has 2 aromatic heterocycles. The van der Waals surface area contributed by atoms with Crippen LogP contribution in [0.2, 0.25) is 0 Å². The van der Waals surface area contributed by atoms with Gasteiger partial charge in [-0.2, -0.15) is 0 Å². The van der Waals surface area contributed by atoms with Crippen LogP contribution in [0.5, 0.6) is 5.75 Å². The summed E-state index contributed by atoms with van der Waals surface area (Å²) in [6, 6.07) is 4.03. The number of hydrogen-bond donors (Lipinski definition) is 2. The Labute approximate surface area is 219 Å². The average Bonchev–Trinajstić information content (AvgIpc) is 3.26. The Bertz CT molecular complexity index is 1290. The van der Waals surface area contributed by atoms with Crippen molar-refractivity contribution in [1.82, 2.24) is 19.8 Å². The second-order valence-corrected chi connectivity index (χ2v) is 10.9. The van der Waals surface area contributed by atoms with Crippen LogP contribution in [0.1, 0.15) is 16.9 Å². The lowest BCUT2D eigenvalue weighted by atomic mass is 9.87. The first-order valence-corrected chi connectivity index (χ1v) is 13.7. The molecule has 1 aromatic carbocycles. The van der Waals surface area contributed by atoms with E-state index in [1.807, 2.05) is 19.4 Å². The molecule has 1 aliphatic rings. The number of carbonyl (C=O) groups excluding carboxylic acids is 2. The van der Waals surface area contributed by atoms with E-state index in [1.54, 1.807) is 62.6 Å². The van der Waals surface area contributed by atoms with Crippen LogP contribution >= 0.6 is 23.1 Å². The fourth-order valence-corrected chi connectivity index (χ4v) is 6.35. The Hall–Kier alpha value is -3.05. The first-order valence-electron chi connectivity index (χ1n) is 11.7. The predicted octanol–water partition coefficient (Wildman–Crippen LogP) is 3.86. The molecule has 3 aromatic rings. The number of rotatable bonds is 8. The van der Waals surface area contributed by atoms with Crippen molar-refractivity contribution in [3.8, 4) is 5.75 Å². The summed E-state index contributed by atoms with van der Waals surface area (Å²) in [7, 11) is 8.64. The first kappa shape index (κ1) is 26.0. The van der Waals surface area contributed by atoms with Crippen molar-refractivity contribution in [2.75, 3.05) is 58.7 Å². The number of methoxy groups -OCH3 is 1. The fourth-order valence-electron chi connectivity index (χ4n) is 4.47. The minimum atomic E-state index is -0.145. The van der Waals surface area contributed by atoms with Crippen molar-refractivity contribution in [3.05, 3.63) is 28.9 Å². The Kier molecular flexibility index (Phi) is 7.89. The van der Waals surface area contributed by atoms with E-state index in [0.717, 1.165) is 50.0 Å². The lowest BCUT2D eigenvalue weighted by Crippen LogP contribution is -2.41. The number of thioether (sulfide) groups is 1. The van der Waals surface area contributed by atoms with Crippen molar-refractivity contribution in [2.24, 2.45) is 5.92 Å². The largest absolute Gasteiger partial charge is 0.494 e. The maximum Gasteiger partial charge on any atom is 0.241 e. The molecule has 2 amide bonds. The number of nitrogens with zero attached hydrogens (tertiary/aromatic N) is 4. The van der Waals surface area contributed by atoms with Crippen LogP contribution in [0, 0.1) is 5.92 Å². The number of aryl methyl sites for hydroxylation is 1. The number of fused-ring (bicyclic) bond motifs is 3. The van der Waals surface area contributed by atoms with Crippen molar-refractivity contribution in [1.29, 1.82) is 0 Å². The van der Waals surface area contributed by atoms with E-state index in [0.29, 0.717) is 12.2 Å². The number of carbonyl (C=O) groups is 2. The van der Waals surface area contributed by atoms with Crippen LogP contribution in [0.4, 0.5) is 17.2 Å². The normalized spacial score (nSPS) is 14.8. The summed E-state index contributed by atoms with van der Waals surface area (Å²) in [6.07, 6.45) is 5.74. The quantitative estimate of drug-likeness (QED) is 0.425. The highest BCUT2D eigenvalue weighted by molar-refractivity contribution is 7.98. The van der Waals surface area contributed by atoms with E-state index in [2.05, 4.69) is 26.7 Å². The molecule has 0 bridgehead atoms. The van der Waals surface area contributed by atoms with Gasteiger partial charge < -0.3 is 25.2 Å². The third-order valence-electron chi connectivity index (χ3n) is 6.49. The second-order valence-electron chi connectivity index (χ2n) is 8.96. The zero-order valence-electron chi connectivity index (χ0n) is 21.5. The number of thiophene rings is 1. The SMILES string of the molecule is CNc1cc(OC)c(Nc2ncnc3sc4c(c23)CCC(C(=O)N(C)CC(=O)N(C)C)C4)cc1SC. The van der Waals surface area contributed by atoms with Gasteiger partial charge in [-0.25, -0.2) is 9.97 Å². The highest BCUT2D eigenvalue weighted by Gasteiger charge is 2.31. The topological polar surface area (TPSA) is 99.7 Å². The second kappa shape index (κ2) is 10.9. The predicted molar refractivity (Wildman–Crippen MR) is 147 cm³/mol. The van der Waals surface area contributed by atoms with Gasteiger partial charge in [-0.15, -0.1) is 23.1 Å². The van der Waals surface area contributed by atoms with E-state index >= 15 is 0 Å². The number of benzene rings is 1. The number of aromatic nitrogens is 2. The Balaban J connectivity index is 1.62. The molecule has 2 N–H and O–H groups in total. The molecule has 36 heavy (non-hydrogen) atoms. The van der Waals surface area contributed by atoms with E-state index in [1.165, 1.54) is 10.5 Å². The smallest absolute Gasteiger partial charge is 0.241 e. The van der Waals surface area contributed by atoms with E-state index in [4.69, 9.17) is 4.74 Å². The summed E-state index contributed by atoms with van der Waals surface area (Å²) in [4.78, 5) is 40.4. The molecule has 9 nitrogen and oxygen atoms in total. The molecule has 4 rings (SSSR count). The van der Waals surface area contributed by atoms with Gasteiger partial charge in [0.15, 0.2) is 0 Å². The molecule has 0 radical (unpaired) electrons. The molecule has 11 heteroatoms. The lowest BCUT2D eigenvalue weighted by molar-refractivity contribution is -0.140. The van der Waals surface area contributed by atoms with Gasteiger partial charge in [-0.05, 0) is 37.1 Å². The fraction of sp³-hybridized carbons (Fsp3) is 0.440. The third kappa shape index (κ3) is 5.08. The van der Waals surface area contributed by atoms with Gasteiger partial charge in [0.25, 0.3) is 0 Å². The van der Waals surface area contributed by atoms with Crippen molar-refractivity contribution in [3.63, 3.8) is 0 Å². The van der Waals surface area contributed by atoms with Crippen LogP contribution in [0.25, 0.3) is 10.2 Å². The summed E-state index contributed by atoms with van der Waals surface area (Å²) in [5.74, 6) is 1.23. The van der Waals surface area contributed by atoms with Gasteiger partial charge in [0.2, 0.25) is 11.8 Å². The van der Waals surface area contributed by atoms with E-state index < -0.39 is 0 Å². The molecule has 2 heterocycles. The average molecular weight is 529 g/mol. The van der Waals surface area contributed by atoms with Crippen molar-refractivity contribution >= 4 is 62.3 Å². The molecule has 0 saturated heterocycles. The maximum absolute atomic E-state index is 13.1. The van der Waals surface area contributed by atoms with Crippen LogP contribution in [-0.2, 0) is 22.4 Å². The minimum absolute atomic E-state index is 0.0108. The molecule has 0 aliphatic heterocycles. The molecule has 1 atom stereocenters. The summed E-state index contributed by atoms with van der Waals surface area (Å²) in [5.41, 5.74) is 3.03. The van der Waals surface area contributed by atoms with Crippen LogP contribution in [0.15, 0.2) is 23.4 Å². The zero-order chi connectivity index (χ0) is 26.0. The molecule has 0 fully saturated rings. The summed E-state index contributed by atoms with van der Waals surface area (Å²) in [6.45, 7) is 0.0906. The van der Waals surface area contributed by atoms with Crippen LogP contribution in [-0.4, -0.2) is 79.7 Å². The van der Waals surface area contributed by atoms with Gasteiger partial charge >= 0.3 is 0 Å². The molecule has 0 saturated carbocycles. The Morgan fingerprint density at radius 3 is 2.67 bits per heavy atom. The number of nitrogens with one attached hydrogen (secondary N) is 2. The number of likely N-dealkylation sites (N-methyl/N-ethyl adjacent to an activating group) is 2. The number of hydrogen-bond acceptors (Lipinski definition) is 9. The van der Waals surface area contributed by atoms with Crippen LogP contribution < -0.4 is 15.4 Å². The Morgan fingerprint density at radius 1 is 1.22 bits per heavy atom. The summed E-state index contributed by atoms with van der Waals surface area (Å²) >= 11 is 3.27. The first-order chi connectivity index (χ1) is 17.3. The maximum atomic E-state index is 13.1. The standard InChI is InChI=1S/C25H32N6O3S2/c1-26-17-10-18(34-5)16(11-20(17)35-6)29-23-22-15-8-7-14(9-19(15)36-24(22)28-13-27-23)25(33)31(4)12-21(32)30(2)3/h10-11,13-14,26H,7-9,12H2,1-6H3,(H,27,28,29). The van der Waals surface area contributed by atoms with Crippen molar-refractivity contribution < 1.29 is 14.3 Å². The third-order valence-corrected chi connectivity index (χ3v) is 8.43. The monoisotopic (exact) mass is 528 g/mol. The zero-order valence-corrected chi connectivity index (χ0v) is 23.1. The van der Waals surface area contributed by atoms with Gasteiger partial charge in [0.05, 0.1) is 30.4 Å². The van der Waals surface area contributed by atoms with E-state index in [-0.39, 0.29) is 24.3 Å². The number of amides is 2.